The van der Waals surface area contributed by atoms with Gasteiger partial charge in [-0.25, -0.2) is 9.78 Å². The van der Waals surface area contributed by atoms with Crippen LogP contribution in [-0.2, 0) is 7.05 Å². The van der Waals surface area contributed by atoms with Gasteiger partial charge in [0.2, 0.25) is 0 Å². The van der Waals surface area contributed by atoms with Gasteiger partial charge < -0.3 is 14.7 Å². The Morgan fingerprint density at radius 3 is 3.00 bits per heavy atom. The zero-order chi connectivity index (χ0) is 10.1. The molecule has 0 aliphatic heterocycles. The topological polar surface area (TPSA) is 70.9 Å². The molecule has 0 aliphatic rings. The zero-order valence-electron chi connectivity index (χ0n) is 7.56. The van der Waals surface area contributed by atoms with E-state index in [1.54, 1.807) is 29.4 Å². The maximum Gasteiger partial charge on any atom is 0.353 e. The van der Waals surface area contributed by atoms with Crippen molar-refractivity contribution >= 4 is 5.97 Å². The smallest absolute Gasteiger partial charge is 0.353 e. The summed E-state index contributed by atoms with van der Waals surface area (Å²) in [6, 6.07) is 1.72. The van der Waals surface area contributed by atoms with Gasteiger partial charge in [0.05, 0.1) is 18.2 Å². The number of aromatic nitrogens is 3. The Morgan fingerprint density at radius 2 is 2.43 bits per heavy atom. The van der Waals surface area contributed by atoms with Gasteiger partial charge in [-0.05, 0) is 6.07 Å². The van der Waals surface area contributed by atoms with E-state index in [9.17, 15) is 4.79 Å². The fraction of sp³-hybridized carbons (Fsp3) is 0.111. The number of carboxylic acids is 1. The number of nitrogens with zero attached hydrogens (tertiary/aromatic N) is 2. The third-order valence-electron chi connectivity index (χ3n) is 2.05. The molecule has 2 N–H and O–H groups in total. The lowest BCUT2D eigenvalue weighted by Crippen LogP contribution is -2.00. The Bertz CT molecular complexity index is 470. The highest BCUT2D eigenvalue weighted by Crippen LogP contribution is 2.21. The molecule has 0 bridgehead atoms. The van der Waals surface area contributed by atoms with E-state index in [4.69, 9.17) is 5.11 Å². The van der Waals surface area contributed by atoms with Gasteiger partial charge in [-0.2, -0.15) is 0 Å². The van der Waals surface area contributed by atoms with E-state index in [2.05, 4.69) is 9.97 Å². The number of carbonyl (C=O) groups is 1. The second-order valence-corrected chi connectivity index (χ2v) is 2.96. The van der Waals surface area contributed by atoms with Crippen LogP contribution in [0.3, 0.4) is 0 Å². The monoisotopic (exact) mass is 191 g/mol. The number of aryl methyl sites for hydroxylation is 1. The fourth-order valence-corrected chi connectivity index (χ4v) is 1.38. The molecule has 0 unspecified atom stereocenters. The van der Waals surface area contributed by atoms with Gasteiger partial charge in [0.25, 0.3) is 0 Å². The minimum Gasteiger partial charge on any atom is -0.477 e. The molecular formula is C9H9N3O2. The first-order chi connectivity index (χ1) is 6.70. The highest BCUT2D eigenvalue weighted by atomic mass is 16.4. The van der Waals surface area contributed by atoms with Crippen molar-refractivity contribution in [2.45, 2.75) is 0 Å². The van der Waals surface area contributed by atoms with Crippen LogP contribution in [0.15, 0.2) is 24.8 Å². The molecule has 2 aromatic rings. The molecule has 2 aromatic heterocycles. The molecule has 2 heterocycles. The summed E-state index contributed by atoms with van der Waals surface area (Å²) in [6.07, 6.45) is 4.87. The van der Waals surface area contributed by atoms with Crippen LogP contribution in [0.4, 0.5) is 0 Å². The quantitative estimate of drug-likeness (QED) is 0.747. The standard InChI is InChI=1S/C9H9N3O2/c1-12-5-10-4-7(12)6-2-3-11-8(6)9(13)14/h2-5,11H,1H3,(H,13,14). The van der Waals surface area contributed by atoms with Gasteiger partial charge in [-0.1, -0.05) is 0 Å². The van der Waals surface area contributed by atoms with Gasteiger partial charge in [-0.3, -0.25) is 0 Å². The summed E-state index contributed by atoms with van der Waals surface area (Å²) >= 11 is 0. The lowest BCUT2D eigenvalue weighted by molar-refractivity contribution is 0.0692. The molecule has 0 fully saturated rings. The number of H-pyrrole nitrogens is 1. The second-order valence-electron chi connectivity index (χ2n) is 2.96. The van der Waals surface area contributed by atoms with E-state index in [0.29, 0.717) is 5.56 Å². The number of aromatic carboxylic acids is 1. The van der Waals surface area contributed by atoms with Crippen LogP contribution in [0, 0.1) is 0 Å². The van der Waals surface area contributed by atoms with Crippen molar-refractivity contribution < 1.29 is 9.90 Å². The summed E-state index contributed by atoms with van der Waals surface area (Å²) in [4.78, 5) is 17.4. The van der Waals surface area contributed by atoms with Crippen LogP contribution in [0.2, 0.25) is 0 Å². The Balaban J connectivity index is 2.57. The molecule has 0 saturated heterocycles. The summed E-state index contributed by atoms with van der Waals surface area (Å²) < 4.78 is 1.77. The van der Waals surface area contributed by atoms with Crippen molar-refractivity contribution in [2.24, 2.45) is 7.05 Å². The number of rotatable bonds is 2. The lowest BCUT2D eigenvalue weighted by atomic mass is 10.2. The third kappa shape index (κ3) is 1.19. The number of hydrogen-bond acceptors (Lipinski definition) is 2. The molecule has 5 nitrogen and oxygen atoms in total. The zero-order valence-corrected chi connectivity index (χ0v) is 7.56. The SMILES string of the molecule is Cn1cncc1-c1cc[nH]c1C(=O)O. The predicted octanol–water partition coefficient (Wildman–Crippen LogP) is 1.11. The van der Waals surface area contributed by atoms with Gasteiger partial charge >= 0.3 is 5.97 Å². The molecule has 0 saturated carbocycles. The van der Waals surface area contributed by atoms with E-state index in [1.165, 1.54) is 0 Å². The molecule has 0 aromatic carbocycles. The van der Waals surface area contributed by atoms with Crippen molar-refractivity contribution in [3.05, 3.63) is 30.5 Å². The molecule has 0 amide bonds. The number of carboxylic acid groups (broad SMARTS) is 1. The van der Waals surface area contributed by atoms with Gasteiger partial charge in [0, 0.05) is 18.8 Å². The maximum atomic E-state index is 10.8. The minimum atomic E-state index is -0.966. The average Bonchev–Trinajstić information content (AvgIpc) is 2.70. The van der Waals surface area contributed by atoms with E-state index in [1.807, 2.05) is 7.05 Å². The summed E-state index contributed by atoms with van der Waals surface area (Å²) in [5, 5.41) is 8.88. The van der Waals surface area contributed by atoms with Crippen LogP contribution in [0.25, 0.3) is 11.3 Å². The summed E-state index contributed by atoms with van der Waals surface area (Å²) in [7, 11) is 1.82. The summed E-state index contributed by atoms with van der Waals surface area (Å²) in [6.45, 7) is 0. The van der Waals surface area contributed by atoms with Crippen LogP contribution in [0.1, 0.15) is 10.5 Å². The molecule has 72 valence electrons. The molecule has 14 heavy (non-hydrogen) atoms. The molecule has 0 atom stereocenters. The van der Waals surface area contributed by atoms with Crippen molar-refractivity contribution in [1.29, 1.82) is 0 Å². The molecule has 5 heteroatoms. The highest BCUT2D eigenvalue weighted by Gasteiger charge is 2.14. The number of nitrogens with one attached hydrogen (secondary N) is 1. The van der Waals surface area contributed by atoms with Gasteiger partial charge in [0.15, 0.2) is 0 Å². The molecule has 0 spiro atoms. The van der Waals surface area contributed by atoms with Crippen LogP contribution < -0.4 is 0 Å². The molecule has 0 aliphatic carbocycles. The van der Waals surface area contributed by atoms with Crippen LogP contribution in [-0.4, -0.2) is 25.6 Å². The van der Waals surface area contributed by atoms with Gasteiger partial charge in [0.1, 0.15) is 5.69 Å². The number of imidazole rings is 1. The van der Waals surface area contributed by atoms with E-state index in [0.717, 1.165) is 5.69 Å². The Hall–Kier alpha value is -2.04. The van der Waals surface area contributed by atoms with E-state index in [-0.39, 0.29) is 5.69 Å². The van der Waals surface area contributed by atoms with Gasteiger partial charge in [-0.15, -0.1) is 0 Å². The van der Waals surface area contributed by atoms with E-state index >= 15 is 0 Å². The number of hydrogen-bond donors (Lipinski definition) is 2. The average molecular weight is 191 g/mol. The molecule has 0 radical (unpaired) electrons. The van der Waals surface area contributed by atoms with E-state index < -0.39 is 5.97 Å². The Labute approximate surface area is 80.0 Å². The lowest BCUT2D eigenvalue weighted by Gasteiger charge is -2.00. The minimum absolute atomic E-state index is 0.189. The summed E-state index contributed by atoms with van der Waals surface area (Å²) in [5.74, 6) is -0.966. The second kappa shape index (κ2) is 3.02. The van der Waals surface area contributed by atoms with Crippen LogP contribution >= 0.6 is 0 Å². The maximum absolute atomic E-state index is 10.8. The first-order valence-electron chi connectivity index (χ1n) is 4.07. The molecular weight excluding hydrogens is 182 g/mol. The van der Waals surface area contributed by atoms with Crippen molar-refractivity contribution in [3.63, 3.8) is 0 Å². The third-order valence-corrected chi connectivity index (χ3v) is 2.05. The predicted molar refractivity (Wildman–Crippen MR) is 50.0 cm³/mol. The number of aromatic amines is 1. The first-order valence-corrected chi connectivity index (χ1v) is 4.07. The van der Waals surface area contributed by atoms with Crippen molar-refractivity contribution in [3.8, 4) is 11.3 Å². The van der Waals surface area contributed by atoms with Crippen molar-refractivity contribution in [2.75, 3.05) is 0 Å². The normalized spacial score (nSPS) is 10.4. The van der Waals surface area contributed by atoms with Crippen LogP contribution in [0.5, 0.6) is 0 Å². The first kappa shape index (κ1) is 8.55. The highest BCUT2D eigenvalue weighted by molar-refractivity contribution is 5.93. The Morgan fingerprint density at radius 1 is 1.64 bits per heavy atom. The summed E-state index contributed by atoms with van der Waals surface area (Å²) in [5.41, 5.74) is 1.62. The molecule has 2 rings (SSSR count). The largest absolute Gasteiger partial charge is 0.477 e. The Kier molecular flexibility index (Phi) is 1.85. The fourth-order valence-electron chi connectivity index (χ4n) is 1.38. The van der Waals surface area contributed by atoms with Crippen molar-refractivity contribution in [1.82, 2.24) is 14.5 Å².